The van der Waals surface area contributed by atoms with Crippen molar-refractivity contribution in [2.75, 3.05) is 11.4 Å². The molecule has 2 nitrogen and oxygen atoms in total. The minimum atomic E-state index is -0.799. The zero-order chi connectivity index (χ0) is 32.0. The van der Waals surface area contributed by atoms with Gasteiger partial charge in [-0.1, -0.05) is 134 Å². The molecule has 1 aliphatic rings. The van der Waals surface area contributed by atoms with Gasteiger partial charge >= 0.3 is 0 Å². The summed E-state index contributed by atoms with van der Waals surface area (Å²) in [7, 11) is -0.799. The Bertz CT molecular complexity index is 2110. The SMILES string of the molecule is C=Nc1cc(/C=C\C=C/C)sc1N1C=C(c2cc(-c3cccc4ccccc34)cc(P(c3ccccc3)c3ccccc3)c2)C=CC1. The summed E-state index contributed by atoms with van der Waals surface area (Å²) in [5, 5.41) is 7.60. The highest BCUT2D eigenvalue weighted by molar-refractivity contribution is 7.79. The van der Waals surface area contributed by atoms with E-state index in [0.717, 1.165) is 22.1 Å². The minimum absolute atomic E-state index is 0.779. The van der Waals surface area contributed by atoms with Crippen LogP contribution in [0.4, 0.5) is 10.7 Å². The Morgan fingerprint density at radius 3 is 2.19 bits per heavy atom. The minimum Gasteiger partial charge on any atom is -0.334 e. The highest BCUT2D eigenvalue weighted by Gasteiger charge is 2.21. The van der Waals surface area contributed by atoms with E-state index in [1.165, 1.54) is 48.9 Å². The summed E-state index contributed by atoms with van der Waals surface area (Å²) in [5.74, 6) is 0. The summed E-state index contributed by atoms with van der Waals surface area (Å²) < 4.78 is 0. The molecule has 0 unspecified atom stereocenters. The van der Waals surface area contributed by atoms with E-state index in [0.29, 0.717) is 0 Å². The highest BCUT2D eigenvalue weighted by atomic mass is 32.1. The fourth-order valence-corrected chi connectivity index (χ4v) is 9.45. The number of thiophene rings is 1. The Morgan fingerprint density at radius 2 is 1.45 bits per heavy atom. The third-order valence-corrected chi connectivity index (χ3v) is 11.8. The van der Waals surface area contributed by atoms with Crippen molar-refractivity contribution in [1.29, 1.82) is 0 Å². The Morgan fingerprint density at radius 1 is 0.745 bits per heavy atom. The van der Waals surface area contributed by atoms with Crippen molar-refractivity contribution < 1.29 is 0 Å². The summed E-state index contributed by atoms with van der Waals surface area (Å²) in [4.78, 5) is 7.85. The summed E-state index contributed by atoms with van der Waals surface area (Å²) in [6.45, 7) is 6.69. The molecule has 0 bridgehead atoms. The van der Waals surface area contributed by atoms with E-state index >= 15 is 0 Å². The summed E-state index contributed by atoms with van der Waals surface area (Å²) in [5.41, 5.74) is 5.74. The smallest absolute Gasteiger partial charge is 0.122 e. The second-order valence-electron chi connectivity index (χ2n) is 11.3. The molecule has 6 aromatic rings. The van der Waals surface area contributed by atoms with Crippen molar-refractivity contribution in [2.24, 2.45) is 4.99 Å². The van der Waals surface area contributed by atoms with Crippen LogP contribution in [0.25, 0.3) is 33.5 Å². The van der Waals surface area contributed by atoms with Crippen LogP contribution in [0.2, 0.25) is 0 Å². The van der Waals surface area contributed by atoms with Crippen LogP contribution in [-0.2, 0) is 0 Å². The molecular weight excluding hydrogens is 608 g/mol. The number of fused-ring (bicyclic) bond motifs is 1. The Hall–Kier alpha value is -5.08. The third kappa shape index (κ3) is 6.60. The fourth-order valence-electron chi connectivity index (χ4n) is 6.06. The molecule has 2 heterocycles. The van der Waals surface area contributed by atoms with Crippen molar-refractivity contribution in [3.8, 4) is 11.1 Å². The van der Waals surface area contributed by atoms with Crippen LogP contribution < -0.4 is 20.8 Å². The molecule has 228 valence electrons. The van der Waals surface area contributed by atoms with Gasteiger partial charge in [-0.05, 0) is 101 Å². The molecule has 0 atom stereocenters. The van der Waals surface area contributed by atoms with E-state index in [9.17, 15) is 0 Å². The lowest BCUT2D eigenvalue weighted by molar-refractivity contribution is 1.09. The second kappa shape index (κ2) is 14.1. The summed E-state index contributed by atoms with van der Waals surface area (Å²) in [6, 6.07) is 46.5. The lowest BCUT2D eigenvalue weighted by Crippen LogP contribution is -2.21. The quantitative estimate of drug-likeness (QED) is 0.0871. The van der Waals surface area contributed by atoms with Crippen LogP contribution >= 0.6 is 19.3 Å². The van der Waals surface area contributed by atoms with E-state index < -0.39 is 7.92 Å². The van der Waals surface area contributed by atoms with E-state index in [-0.39, 0.29) is 0 Å². The zero-order valence-electron chi connectivity index (χ0n) is 26.3. The fraction of sp³-hybridized carbons (Fsp3) is 0.0465. The highest BCUT2D eigenvalue weighted by Crippen LogP contribution is 2.42. The Balaban J connectivity index is 1.40. The monoisotopic (exact) mass is 642 g/mol. The molecule has 1 aliphatic heterocycles. The maximum absolute atomic E-state index is 4.40. The van der Waals surface area contributed by atoms with Crippen molar-refractivity contribution in [1.82, 2.24) is 0 Å². The van der Waals surface area contributed by atoms with Gasteiger partial charge in [-0.15, -0.1) is 11.3 Å². The first-order valence-corrected chi connectivity index (χ1v) is 18.0. The molecule has 0 aliphatic carbocycles. The van der Waals surface area contributed by atoms with Gasteiger partial charge in [0.25, 0.3) is 0 Å². The van der Waals surface area contributed by atoms with Crippen LogP contribution in [0.1, 0.15) is 17.4 Å². The van der Waals surface area contributed by atoms with Crippen molar-refractivity contribution >= 4 is 75.0 Å². The number of rotatable bonds is 9. The molecule has 0 radical (unpaired) electrons. The second-order valence-corrected chi connectivity index (χ2v) is 14.6. The molecule has 4 heteroatoms. The van der Waals surface area contributed by atoms with E-state index in [4.69, 9.17) is 0 Å². The lowest BCUT2D eigenvalue weighted by atomic mass is 9.95. The molecule has 0 fully saturated rings. The number of aliphatic imine (C=N–C) groups is 1. The largest absolute Gasteiger partial charge is 0.334 e. The van der Waals surface area contributed by atoms with Gasteiger partial charge in [-0.3, -0.25) is 4.99 Å². The molecule has 1 aromatic heterocycles. The predicted octanol–water partition coefficient (Wildman–Crippen LogP) is 10.7. The topological polar surface area (TPSA) is 15.6 Å². The predicted molar refractivity (Wildman–Crippen MR) is 210 cm³/mol. The number of nitrogens with zero attached hydrogens (tertiary/aromatic N) is 2. The molecule has 0 amide bonds. The van der Waals surface area contributed by atoms with Crippen LogP contribution in [0.3, 0.4) is 0 Å². The molecule has 0 N–H and O–H groups in total. The van der Waals surface area contributed by atoms with Gasteiger partial charge < -0.3 is 4.90 Å². The number of hydrogen-bond donors (Lipinski definition) is 0. The average molecular weight is 643 g/mol. The van der Waals surface area contributed by atoms with Crippen molar-refractivity contribution in [3.63, 3.8) is 0 Å². The van der Waals surface area contributed by atoms with Crippen LogP contribution in [0.5, 0.6) is 0 Å². The number of hydrogen-bond acceptors (Lipinski definition) is 3. The maximum atomic E-state index is 4.40. The van der Waals surface area contributed by atoms with Crippen LogP contribution in [-0.4, -0.2) is 13.3 Å². The molecule has 5 aromatic carbocycles. The zero-order valence-corrected chi connectivity index (χ0v) is 28.0. The van der Waals surface area contributed by atoms with Gasteiger partial charge in [-0.2, -0.15) is 0 Å². The van der Waals surface area contributed by atoms with Gasteiger partial charge in [0.2, 0.25) is 0 Å². The van der Waals surface area contributed by atoms with Gasteiger partial charge in [0.15, 0.2) is 0 Å². The van der Waals surface area contributed by atoms with Crippen molar-refractivity contribution in [2.45, 2.75) is 6.92 Å². The van der Waals surface area contributed by atoms with Gasteiger partial charge in [0.1, 0.15) is 5.00 Å². The van der Waals surface area contributed by atoms with Crippen molar-refractivity contribution in [3.05, 3.63) is 174 Å². The number of anilines is 1. The van der Waals surface area contributed by atoms with Gasteiger partial charge in [0.05, 0.1) is 5.69 Å². The average Bonchev–Trinajstić information content (AvgIpc) is 3.56. The van der Waals surface area contributed by atoms with E-state index in [2.05, 4.69) is 175 Å². The Labute approximate surface area is 282 Å². The van der Waals surface area contributed by atoms with E-state index in [1.807, 2.05) is 19.1 Å². The standard InChI is InChI=1S/C43H35N2PS/c1-3-4-7-23-39-30-42(44-2)43(47-39)45-26-15-18-33(31-45)34-27-35(41-25-14-17-32-16-12-13-24-40(32)41)29-38(28-34)46(36-19-8-5-9-20-36)37-21-10-6-11-22-37/h3-25,27-31H,2,26H2,1H3/b4-3-,23-7-. The number of allylic oxidation sites excluding steroid dienone is 5. The molecule has 47 heavy (non-hydrogen) atoms. The first-order chi connectivity index (χ1) is 23.2. The molecular formula is C43H35N2PS. The normalized spacial score (nSPS) is 13.2. The molecule has 0 saturated heterocycles. The number of benzene rings is 5. The Kier molecular flexibility index (Phi) is 9.19. The van der Waals surface area contributed by atoms with Gasteiger partial charge in [0, 0.05) is 17.6 Å². The molecule has 0 saturated carbocycles. The molecule has 7 rings (SSSR count). The van der Waals surface area contributed by atoms with Gasteiger partial charge in [-0.25, -0.2) is 0 Å². The summed E-state index contributed by atoms with van der Waals surface area (Å²) in [6.07, 6.45) is 15.1. The summed E-state index contributed by atoms with van der Waals surface area (Å²) >= 11 is 1.74. The maximum Gasteiger partial charge on any atom is 0.122 e. The van der Waals surface area contributed by atoms with E-state index in [1.54, 1.807) is 11.3 Å². The first kappa shape index (κ1) is 30.6. The lowest BCUT2D eigenvalue weighted by Gasteiger charge is -2.25. The van der Waals surface area contributed by atoms with Crippen LogP contribution in [0.15, 0.2) is 169 Å². The van der Waals surface area contributed by atoms with Crippen LogP contribution in [0, 0.1) is 0 Å². The third-order valence-electron chi connectivity index (χ3n) is 8.24. The first-order valence-electron chi connectivity index (χ1n) is 15.8. The molecule has 0 spiro atoms.